The van der Waals surface area contributed by atoms with Crippen molar-refractivity contribution in [2.24, 2.45) is 0 Å². The van der Waals surface area contributed by atoms with Crippen LogP contribution in [-0.2, 0) is 4.74 Å². The maximum absolute atomic E-state index is 13.4. The fourth-order valence-electron chi connectivity index (χ4n) is 2.36. The number of anilines is 1. The molecule has 1 aromatic rings. The topological polar surface area (TPSA) is 24.5 Å². The second-order valence-corrected chi connectivity index (χ2v) is 5.37. The van der Waals surface area contributed by atoms with Gasteiger partial charge in [-0.05, 0) is 32.9 Å². The monoisotopic (exact) mass is 266 g/mol. The van der Waals surface area contributed by atoms with Gasteiger partial charge in [-0.1, -0.05) is 6.07 Å². The van der Waals surface area contributed by atoms with E-state index in [1.54, 1.807) is 13.0 Å². The molecule has 4 heteroatoms. The Morgan fingerprint density at radius 2 is 2.26 bits per heavy atom. The molecule has 0 radical (unpaired) electrons. The van der Waals surface area contributed by atoms with Crippen LogP contribution in [0.1, 0.15) is 19.4 Å². The van der Waals surface area contributed by atoms with Crippen molar-refractivity contribution in [3.05, 3.63) is 29.6 Å². The number of hydrogen-bond acceptors (Lipinski definition) is 3. The van der Waals surface area contributed by atoms with Gasteiger partial charge < -0.3 is 10.1 Å². The summed E-state index contributed by atoms with van der Waals surface area (Å²) in [6, 6.07) is 5.66. The van der Waals surface area contributed by atoms with E-state index in [1.165, 1.54) is 6.07 Å². The number of nitrogens with one attached hydrogen (secondary N) is 1. The number of benzene rings is 1. The van der Waals surface area contributed by atoms with E-state index in [2.05, 4.69) is 24.1 Å². The zero-order chi connectivity index (χ0) is 13.8. The Bertz CT molecular complexity index is 423. The first-order chi connectivity index (χ1) is 9.08. The predicted octanol–water partition coefficient (Wildman–Crippen LogP) is 2.66. The molecular formula is C15H23FN2O. The second-order valence-electron chi connectivity index (χ2n) is 5.37. The number of ether oxygens (including phenoxy) is 1. The molecule has 1 heterocycles. The fourth-order valence-corrected chi connectivity index (χ4v) is 2.36. The average Bonchev–Trinajstić information content (AvgIpc) is 2.41. The molecule has 3 nitrogen and oxygen atoms in total. The molecule has 1 fully saturated rings. The summed E-state index contributed by atoms with van der Waals surface area (Å²) in [4.78, 5) is 2.41. The molecule has 0 bridgehead atoms. The summed E-state index contributed by atoms with van der Waals surface area (Å²) in [5.41, 5.74) is 1.52. The van der Waals surface area contributed by atoms with Crippen molar-refractivity contribution < 1.29 is 9.13 Å². The van der Waals surface area contributed by atoms with E-state index < -0.39 is 0 Å². The number of nitrogens with zero attached hydrogens (tertiary/aromatic N) is 1. The normalized spacial score (nSPS) is 20.8. The molecule has 2 rings (SSSR count). The Hall–Kier alpha value is -1.13. The van der Waals surface area contributed by atoms with Crippen molar-refractivity contribution in [3.63, 3.8) is 0 Å². The molecule has 1 aliphatic heterocycles. The van der Waals surface area contributed by atoms with E-state index in [-0.39, 0.29) is 11.9 Å². The van der Waals surface area contributed by atoms with Crippen molar-refractivity contribution in [2.75, 3.05) is 31.6 Å². The van der Waals surface area contributed by atoms with E-state index in [0.29, 0.717) is 18.2 Å². The Morgan fingerprint density at radius 1 is 1.47 bits per heavy atom. The van der Waals surface area contributed by atoms with Crippen molar-refractivity contribution >= 4 is 5.69 Å². The van der Waals surface area contributed by atoms with Gasteiger partial charge in [-0.3, -0.25) is 4.90 Å². The summed E-state index contributed by atoms with van der Waals surface area (Å²) in [5.74, 6) is -0.168. The van der Waals surface area contributed by atoms with Gasteiger partial charge in [-0.15, -0.1) is 0 Å². The first-order valence-electron chi connectivity index (χ1n) is 6.92. The summed E-state index contributed by atoms with van der Waals surface area (Å²) in [6.45, 7) is 9.60. The van der Waals surface area contributed by atoms with Crippen LogP contribution in [0.5, 0.6) is 0 Å². The van der Waals surface area contributed by atoms with Crippen LogP contribution in [-0.4, -0.2) is 43.3 Å². The van der Waals surface area contributed by atoms with Crippen LogP contribution in [0.3, 0.4) is 0 Å². The quantitative estimate of drug-likeness (QED) is 0.906. The summed E-state index contributed by atoms with van der Waals surface area (Å²) in [6.07, 6.45) is 0.166. The highest BCUT2D eigenvalue weighted by Crippen LogP contribution is 2.18. The largest absolute Gasteiger partial charge is 0.382 e. The average molecular weight is 266 g/mol. The van der Waals surface area contributed by atoms with Crippen LogP contribution < -0.4 is 5.32 Å². The van der Waals surface area contributed by atoms with Crippen LogP contribution in [0, 0.1) is 12.7 Å². The Morgan fingerprint density at radius 3 is 3.00 bits per heavy atom. The Balaban J connectivity index is 1.90. The SMILES string of the molecule is Cc1c(F)cccc1NCC1CN(C(C)C)CCO1. The van der Waals surface area contributed by atoms with Gasteiger partial charge in [0.1, 0.15) is 5.82 Å². The molecule has 106 valence electrons. The molecule has 19 heavy (non-hydrogen) atoms. The van der Waals surface area contributed by atoms with Crippen LogP contribution in [0.2, 0.25) is 0 Å². The molecule has 1 aliphatic rings. The Kier molecular flexibility index (Phi) is 4.77. The first kappa shape index (κ1) is 14.3. The molecule has 0 saturated carbocycles. The lowest BCUT2D eigenvalue weighted by atomic mass is 10.1. The van der Waals surface area contributed by atoms with Gasteiger partial charge in [0.2, 0.25) is 0 Å². The van der Waals surface area contributed by atoms with E-state index in [1.807, 2.05) is 6.07 Å². The highest BCUT2D eigenvalue weighted by molar-refractivity contribution is 5.51. The third-order valence-electron chi connectivity index (χ3n) is 3.69. The predicted molar refractivity (Wildman–Crippen MR) is 76.1 cm³/mol. The summed E-state index contributed by atoms with van der Waals surface area (Å²) < 4.78 is 19.2. The number of halogens is 1. The standard InChI is InChI=1S/C15H23FN2O/c1-11(2)18-7-8-19-13(10-18)9-17-15-6-4-5-14(16)12(15)3/h4-6,11,13,17H,7-10H2,1-3H3. The van der Waals surface area contributed by atoms with E-state index in [0.717, 1.165) is 25.4 Å². The summed E-state index contributed by atoms with van der Waals surface area (Å²) in [5, 5.41) is 3.29. The highest BCUT2D eigenvalue weighted by Gasteiger charge is 2.22. The van der Waals surface area contributed by atoms with E-state index >= 15 is 0 Å². The number of rotatable bonds is 4. The van der Waals surface area contributed by atoms with E-state index in [9.17, 15) is 4.39 Å². The fraction of sp³-hybridized carbons (Fsp3) is 0.600. The van der Waals surface area contributed by atoms with Crippen molar-refractivity contribution in [1.82, 2.24) is 4.90 Å². The van der Waals surface area contributed by atoms with Crippen molar-refractivity contribution in [2.45, 2.75) is 32.9 Å². The molecule has 1 N–H and O–H groups in total. The summed E-state index contributed by atoms with van der Waals surface area (Å²) >= 11 is 0. The number of hydrogen-bond donors (Lipinski definition) is 1. The third-order valence-corrected chi connectivity index (χ3v) is 3.69. The van der Waals surface area contributed by atoms with Gasteiger partial charge in [-0.25, -0.2) is 4.39 Å². The van der Waals surface area contributed by atoms with Gasteiger partial charge in [0.05, 0.1) is 12.7 Å². The maximum Gasteiger partial charge on any atom is 0.128 e. The lowest BCUT2D eigenvalue weighted by Gasteiger charge is -2.35. The molecule has 0 aromatic heterocycles. The van der Waals surface area contributed by atoms with Gasteiger partial charge in [0.15, 0.2) is 0 Å². The smallest absolute Gasteiger partial charge is 0.128 e. The maximum atomic E-state index is 13.4. The van der Waals surface area contributed by atoms with E-state index in [4.69, 9.17) is 4.74 Å². The molecule has 0 amide bonds. The lowest BCUT2D eigenvalue weighted by molar-refractivity contribution is -0.0315. The van der Waals surface area contributed by atoms with Crippen molar-refractivity contribution in [3.8, 4) is 0 Å². The lowest BCUT2D eigenvalue weighted by Crippen LogP contribution is -2.48. The molecule has 1 unspecified atom stereocenters. The minimum absolute atomic E-state index is 0.166. The zero-order valence-corrected chi connectivity index (χ0v) is 11.9. The molecule has 1 saturated heterocycles. The van der Waals surface area contributed by atoms with Crippen molar-refractivity contribution in [1.29, 1.82) is 0 Å². The second kappa shape index (κ2) is 6.35. The van der Waals surface area contributed by atoms with Crippen LogP contribution in [0.15, 0.2) is 18.2 Å². The van der Waals surface area contributed by atoms with Crippen LogP contribution in [0.25, 0.3) is 0 Å². The van der Waals surface area contributed by atoms with Gasteiger partial charge >= 0.3 is 0 Å². The first-order valence-corrected chi connectivity index (χ1v) is 6.92. The zero-order valence-electron chi connectivity index (χ0n) is 11.9. The molecule has 0 aliphatic carbocycles. The molecular weight excluding hydrogens is 243 g/mol. The minimum atomic E-state index is -0.168. The van der Waals surface area contributed by atoms with Gasteiger partial charge in [0, 0.05) is 36.9 Å². The highest BCUT2D eigenvalue weighted by atomic mass is 19.1. The summed E-state index contributed by atoms with van der Waals surface area (Å²) in [7, 11) is 0. The van der Waals surface area contributed by atoms with Gasteiger partial charge in [-0.2, -0.15) is 0 Å². The molecule has 1 atom stereocenters. The minimum Gasteiger partial charge on any atom is -0.382 e. The molecule has 0 spiro atoms. The number of morpholine rings is 1. The molecule has 1 aromatic carbocycles. The van der Waals surface area contributed by atoms with Crippen LogP contribution in [0.4, 0.5) is 10.1 Å². The third kappa shape index (κ3) is 3.67. The van der Waals surface area contributed by atoms with Gasteiger partial charge in [0.25, 0.3) is 0 Å². The van der Waals surface area contributed by atoms with Crippen LogP contribution >= 0.6 is 0 Å². The Labute approximate surface area is 114 Å².